The van der Waals surface area contributed by atoms with Crippen LogP contribution in [0.1, 0.15) is 48.2 Å². The molecule has 0 bridgehead atoms. The van der Waals surface area contributed by atoms with Gasteiger partial charge in [0.1, 0.15) is 11.3 Å². The maximum absolute atomic E-state index is 11.7. The highest BCUT2D eigenvalue weighted by atomic mass is 16.4. The highest BCUT2D eigenvalue weighted by Gasteiger charge is 2.18. The third-order valence-electron chi connectivity index (χ3n) is 3.44. The Morgan fingerprint density at radius 3 is 2.65 bits per heavy atom. The monoisotopic (exact) mass is 274 g/mol. The molecule has 2 aromatic rings. The molecule has 0 spiro atoms. The molecule has 0 aliphatic heterocycles. The van der Waals surface area contributed by atoms with E-state index in [1.54, 1.807) is 13.0 Å². The fourth-order valence-corrected chi connectivity index (χ4v) is 2.52. The summed E-state index contributed by atoms with van der Waals surface area (Å²) in [6, 6.07) is 3.04. The molecular formula is C16H18O4. The third kappa shape index (κ3) is 2.46. The first kappa shape index (κ1) is 14.3. The predicted octanol–water partition coefficient (Wildman–Crippen LogP) is 3.35. The molecule has 1 aromatic carbocycles. The second kappa shape index (κ2) is 5.49. The van der Waals surface area contributed by atoms with Crippen molar-refractivity contribution in [3.8, 4) is 5.75 Å². The van der Waals surface area contributed by atoms with Gasteiger partial charge in [0.05, 0.1) is 10.9 Å². The van der Waals surface area contributed by atoms with Crippen molar-refractivity contribution in [3.05, 3.63) is 39.2 Å². The van der Waals surface area contributed by atoms with Crippen molar-refractivity contribution < 1.29 is 14.3 Å². The second-order valence-electron chi connectivity index (χ2n) is 5.04. The first-order valence-electron chi connectivity index (χ1n) is 6.76. The molecule has 0 saturated carbocycles. The molecule has 0 atom stereocenters. The number of carbonyl (C=O) groups is 1. The van der Waals surface area contributed by atoms with Crippen molar-refractivity contribution in [3.63, 3.8) is 0 Å². The molecule has 0 fully saturated rings. The van der Waals surface area contributed by atoms with E-state index in [4.69, 9.17) is 4.42 Å². The highest BCUT2D eigenvalue weighted by Crippen LogP contribution is 2.34. The van der Waals surface area contributed by atoms with E-state index < -0.39 is 5.63 Å². The molecule has 20 heavy (non-hydrogen) atoms. The topological polar surface area (TPSA) is 67.5 Å². The van der Waals surface area contributed by atoms with Crippen LogP contribution in [0.4, 0.5) is 0 Å². The van der Waals surface area contributed by atoms with E-state index in [2.05, 4.69) is 6.92 Å². The van der Waals surface area contributed by atoms with Crippen molar-refractivity contribution in [2.45, 2.75) is 40.0 Å². The Kier molecular flexibility index (Phi) is 3.93. The van der Waals surface area contributed by atoms with Crippen LogP contribution in [0.25, 0.3) is 11.0 Å². The van der Waals surface area contributed by atoms with Crippen LogP contribution < -0.4 is 5.63 Å². The molecule has 2 rings (SSSR count). The molecule has 4 heteroatoms. The molecule has 0 amide bonds. The Bertz CT molecular complexity index is 725. The second-order valence-corrected chi connectivity index (χ2v) is 5.04. The smallest absolute Gasteiger partial charge is 0.336 e. The van der Waals surface area contributed by atoms with Crippen LogP contribution in [-0.2, 0) is 6.42 Å². The Labute approximate surface area is 117 Å². The van der Waals surface area contributed by atoms with Gasteiger partial charge in [0.15, 0.2) is 5.78 Å². The van der Waals surface area contributed by atoms with Crippen molar-refractivity contribution in [1.29, 1.82) is 0 Å². The number of hydrogen-bond donors (Lipinski definition) is 1. The minimum absolute atomic E-state index is 0.0812. The fourth-order valence-electron chi connectivity index (χ4n) is 2.52. The molecule has 0 radical (unpaired) electrons. The summed E-state index contributed by atoms with van der Waals surface area (Å²) in [5.41, 5.74) is 1.54. The average molecular weight is 274 g/mol. The summed E-state index contributed by atoms with van der Waals surface area (Å²) in [7, 11) is 0. The minimum atomic E-state index is -0.432. The molecular weight excluding hydrogens is 256 g/mol. The largest absolute Gasteiger partial charge is 0.506 e. The number of Topliss-reactive ketones (excluding diaryl/α,β-unsaturated/α-hetero) is 1. The molecule has 0 saturated heterocycles. The van der Waals surface area contributed by atoms with E-state index in [0.29, 0.717) is 28.5 Å². The van der Waals surface area contributed by atoms with Crippen LogP contribution in [0.2, 0.25) is 0 Å². The number of unbranched alkanes of at least 4 members (excludes halogenated alkanes) is 1. The van der Waals surface area contributed by atoms with Gasteiger partial charge in [-0.15, -0.1) is 0 Å². The zero-order valence-electron chi connectivity index (χ0n) is 11.9. The summed E-state index contributed by atoms with van der Waals surface area (Å²) < 4.78 is 5.15. The number of ketones is 1. The van der Waals surface area contributed by atoms with Gasteiger partial charge in [-0.05, 0) is 43.9 Å². The maximum atomic E-state index is 11.7. The number of aryl methyl sites for hydroxylation is 2. The standard InChI is InChI=1S/C16H18O4/c1-4-5-6-11-8-13(18)20-12-7-9(2)14(10(3)17)16(19)15(11)12/h7-8,19H,4-6H2,1-3H3. The van der Waals surface area contributed by atoms with Crippen LogP contribution >= 0.6 is 0 Å². The zero-order chi connectivity index (χ0) is 14.9. The van der Waals surface area contributed by atoms with E-state index in [1.807, 2.05) is 0 Å². The number of fused-ring (bicyclic) bond motifs is 1. The van der Waals surface area contributed by atoms with E-state index >= 15 is 0 Å². The van der Waals surface area contributed by atoms with Gasteiger partial charge < -0.3 is 9.52 Å². The van der Waals surface area contributed by atoms with Crippen molar-refractivity contribution in [2.75, 3.05) is 0 Å². The number of phenolic OH excluding ortho intramolecular Hbond substituents is 1. The number of aromatic hydroxyl groups is 1. The lowest BCUT2D eigenvalue weighted by molar-refractivity contribution is 0.101. The number of carbonyl (C=O) groups excluding carboxylic acids is 1. The van der Waals surface area contributed by atoms with Crippen LogP contribution in [0.15, 0.2) is 21.3 Å². The third-order valence-corrected chi connectivity index (χ3v) is 3.44. The average Bonchev–Trinajstić information content (AvgIpc) is 2.34. The number of benzene rings is 1. The van der Waals surface area contributed by atoms with Gasteiger partial charge in [-0.1, -0.05) is 13.3 Å². The van der Waals surface area contributed by atoms with Gasteiger partial charge in [0, 0.05) is 6.07 Å². The number of phenols is 1. The van der Waals surface area contributed by atoms with E-state index in [9.17, 15) is 14.7 Å². The molecule has 1 heterocycles. The Balaban J connectivity index is 2.82. The minimum Gasteiger partial charge on any atom is -0.506 e. The van der Waals surface area contributed by atoms with Gasteiger partial charge in [-0.25, -0.2) is 4.79 Å². The molecule has 1 N–H and O–H groups in total. The zero-order valence-corrected chi connectivity index (χ0v) is 11.9. The van der Waals surface area contributed by atoms with Crippen molar-refractivity contribution in [2.24, 2.45) is 0 Å². The van der Waals surface area contributed by atoms with Crippen LogP contribution in [-0.4, -0.2) is 10.9 Å². The molecule has 0 unspecified atom stereocenters. The lowest BCUT2D eigenvalue weighted by atomic mass is 9.96. The van der Waals surface area contributed by atoms with E-state index in [0.717, 1.165) is 18.4 Å². The summed E-state index contributed by atoms with van der Waals surface area (Å²) in [6.07, 6.45) is 2.56. The normalized spacial score (nSPS) is 10.9. The highest BCUT2D eigenvalue weighted by molar-refractivity contribution is 6.04. The van der Waals surface area contributed by atoms with Gasteiger partial charge in [0.25, 0.3) is 0 Å². The first-order valence-corrected chi connectivity index (χ1v) is 6.76. The van der Waals surface area contributed by atoms with E-state index in [1.165, 1.54) is 13.0 Å². The van der Waals surface area contributed by atoms with Crippen LogP contribution in [0.5, 0.6) is 5.75 Å². The number of rotatable bonds is 4. The Hall–Kier alpha value is -2.10. The van der Waals surface area contributed by atoms with Gasteiger partial charge in [-0.2, -0.15) is 0 Å². The summed E-state index contributed by atoms with van der Waals surface area (Å²) in [5, 5.41) is 10.9. The van der Waals surface area contributed by atoms with Gasteiger partial charge in [-0.3, -0.25) is 4.79 Å². The fraction of sp³-hybridized carbons (Fsp3) is 0.375. The van der Waals surface area contributed by atoms with Crippen molar-refractivity contribution >= 4 is 16.8 Å². The SMILES string of the molecule is CCCCc1cc(=O)oc2cc(C)c(C(C)=O)c(O)c12. The Morgan fingerprint density at radius 1 is 1.35 bits per heavy atom. The van der Waals surface area contributed by atoms with E-state index in [-0.39, 0.29) is 11.5 Å². The lowest BCUT2D eigenvalue weighted by Gasteiger charge is -2.11. The molecule has 4 nitrogen and oxygen atoms in total. The predicted molar refractivity (Wildman–Crippen MR) is 77.5 cm³/mol. The van der Waals surface area contributed by atoms with Crippen molar-refractivity contribution in [1.82, 2.24) is 0 Å². The number of hydrogen-bond acceptors (Lipinski definition) is 4. The molecule has 0 aliphatic carbocycles. The van der Waals surface area contributed by atoms with Crippen LogP contribution in [0.3, 0.4) is 0 Å². The first-order chi connectivity index (χ1) is 9.45. The maximum Gasteiger partial charge on any atom is 0.336 e. The summed E-state index contributed by atoms with van der Waals surface area (Å²) in [4.78, 5) is 23.3. The summed E-state index contributed by atoms with van der Waals surface area (Å²) in [5.74, 6) is -0.281. The van der Waals surface area contributed by atoms with Crippen LogP contribution in [0, 0.1) is 6.92 Å². The summed E-state index contributed by atoms with van der Waals surface area (Å²) >= 11 is 0. The molecule has 106 valence electrons. The Morgan fingerprint density at radius 2 is 2.05 bits per heavy atom. The molecule has 1 aromatic heterocycles. The quantitative estimate of drug-likeness (QED) is 0.685. The molecule has 0 aliphatic rings. The van der Waals surface area contributed by atoms with Gasteiger partial charge >= 0.3 is 5.63 Å². The summed E-state index contributed by atoms with van der Waals surface area (Å²) in [6.45, 7) is 5.19. The van der Waals surface area contributed by atoms with Gasteiger partial charge in [0.2, 0.25) is 0 Å². The lowest BCUT2D eigenvalue weighted by Crippen LogP contribution is -2.04.